The number of rotatable bonds is 3. The zero-order chi connectivity index (χ0) is 21.8. The minimum Gasteiger partial charge on any atom is -0.340 e. The summed E-state index contributed by atoms with van der Waals surface area (Å²) < 4.78 is 30.3. The Kier molecular flexibility index (Phi) is 4.44. The molecule has 0 amide bonds. The zero-order valence-electron chi connectivity index (χ0n) is 17.8. The van der Waals surface area contributed by atoms with Crippen molar-refractivity contribution in [2.75, 3.05) is 11.9 Å². The highest BCUT2D eigenvalue weighted by Crippen LogP contribution is 2.52. The van der Waals surface area contributed by atoms with Crippen LogP contribution in [0.1, 0.15) is 25.0 Å². The van der Waals surface area contributed by atoms with Gasteiger partial charge in [0.15, 0.2) is 5.82 Å². The van der Waals surface area contributed by atoms with Crippen molar-refractivity contribution in [1.29, 1.82) is 0 Å². The predicted molar refractivity (Wildman–Crippen MR) is 124 cm³/mol. The fraction of sp³-hybridized carbons (Fsp3) is 0.143. The minimum absolute atomic E-state index is 0.248. The van der Waals surface area contributed by atoms with Gasteiger partial charge in [-0.15, -0.1) is 0 Å². The van der Waals surface area contributed by atoms with Crippen LogP contribution in [0, 0.1) is 11.6 Å². The van der Waals surface area contributed by atoms with Crippen molar-refractivity contribution in [2.24, 2.45) is 0 Å². The summed E-state index contributed by atoms with van der Waals surface area (Å²) in [5.41, 5.74) is 6.55. The van der Waals surface area contributed by atoms with Crippen molar-refractivity contribution in [3.05, 3.63) is 108 Å². The molecule has 0 spiro atoms. The van der Waals surface area contributed by atoms with Crippen LogP contribution in [0.3, 0.4) is 0 Å². The third-order valence-electron chi connectivity index (χ3n) is 6.42. The molecular weight excluding hydrogens is 388 g/mol. The summed E-state index contributed by atoms with van der Waals surface area (Å²) in [5, 5.41) is 0. The lowest BCUT2D eigenvalue weighted by Gasteiger charge is -2.26. The molecule has 1 aliphatic rings. The Morgan fingerprint density at radius 2 is 1.16 bits per heavy atom. The Morgan fingerprint density at radius 1 is 0.613 bits per heavy atom. The molecule has 0 aromatic heterocycles. The van der Waals surface area contributed by atoms with E-state index < -0.39 is 0 Å². The van der Waals surface area contributed by atoms with Crippen LogP contribution in [-0.4, -0.2) is 7.05 Å². The number of hydrogen-bond donors (Lipinski definition) is 0. The second-order valence-electron chi connectivity index (χ2n) is 8.55. The van der Waals surface area contributed by atoms with E-state index in [9.17, 15) is 4.39 Å². The first-order valence-electron chi connectivity index (χ1n) is 10.4. The maximum absolute atomic E-state index is 15.9. The van der Waals surface area contributed by atoms with Gasteiger partial charge in [-0.3, -0.25) is 0 Å². The van der Waals surface area contributed by atoms with E-state index in [2.05, 4.69) is 38.1 Å². The van der Waals surface area contributed by atoms with E-state index in [-0.39, 0.29) is 17.0 Å². The number of nitrogens with zero attached hydrogens (tertiary/aromatic N) is 1. The third-order valence-corrected chi connectivity index (χ3v) is 6.42. The molecule has 0 atom stereocenters. The summed E-state index contributed by atoms with van der Waals surface area (Å²) in [4.78, 5) is 1.57. The molecule has 0 unspecified atom stereocenters. The van der Waals surface area contributed by atoms with Crippen molar-refractivity contribution in [1.82, 2.24) is 0 Å². The first kappa shape index (κ1) is 19.5. The maximum Gasteiger partial charge on any atom is 0.154 e. The van der Waals surface area contributed by atoms with Crippen LogP contribution in [0.2, 0.25) is 0 Å². The van der Waals surface area contributed by atoms with Crippen molar-refractivity contribution < 1.29 is 8.78 Å². The van der Waals surface area contributed by atoms with E-state index in [0.29, 0.717) is 16.9 Å². The summed E-state index contributed by atoms with van der Waals surface area (Å²) in [6, 6.07) is 26.2. The average molecular weight is 411 g/mol. The zero-order valence-corrected chi connectivity index (χ0v) is 17.8. The second kappa shape index (κ2) is 7.05. The maximum atomic E-state index is 15.9. The largest absolute Gasteiger partial charge is 0.340 e. The van der Waals surface area contributed by atoms with E-state index in [1.54, 1.807) is 36.2 Å². The molecule has 154 valence electrons. The fourth-order valence-electron chi connectivity index (χ4n) is 4.91. The summed E-state index contributed by atoms with van der Waals surface area (Å²) in [5.74, 6) is -0.736. The van der Waals surface area contributed by atoms with Crippen LogP contribution >= 0.6 is 0 Å². The summed E-state index contributed by atoms with van der Waals surface area (Å²) in [7, 11) is 1.69. The molecule has 0 saturated carbocycles. The molecule has 4 aromatic carbocycles. The van der Waals surface area contributed by atoms with Crippen molar-refractivity contribution in [2.45, 2.75) is 19.3 Å². The summed E-state index contributed by atoms with van der Waals surface area (Å²) >= 11 is 0. The number of halogens is 2. The average Bonchev–Trinajstić information content (AvgIpc) is 3.02. The van der Waals surface area contributed by atoms with Gasteiger partial charge in [0.2, 0.25) is 0 Å². The van der Waals surface area contributed by atoms with Gasteiger partial charge in [0, 0.05) is 18.0 Å². The summed E-state index contributed by atoms with van der Waals surface area (Å²) in [6.07, 6.45) is 0. The molecule has 0 aliphatic heterocycles. The Labute approximate surface area is 181 Å². The third kappa shape index (κ3) is 2.88. The SMILES string of the molecule is CN(c1ccccc1F)c1cccc(-c2cccc3c2C(C)(C)c2ccccc2-3)c1F. The van der Waals surface area contributed by atoms with Crippen LogP contribution in [0.25, 0.3) is 22.3 Å². The molecule has 4 aromatic rings. The van der Waals surface area contributed by atoms with E-state index in [0.717, 1.165) is 16.7 Å². The minimum atomic E-state index is -0.382. The lowest BCUT2D eigenvalue weighted by atomic mass is 9.78. The molecule has 5 rings (SSSR count). The van der Waals surface area contributed by atoms with Gasteiger partial charge in [-0.1, -0.05) is 80.6 Å². The van der Waals surface area contributed by atoms with Gasteiger partial charge in [0.1, 0.15) is 5.82 Å². The Bertz CT molecular complexity index is 1310. The second-order valence-corrected chi connectivity index (χ2v) is 8.55. The van der Waals surface area contributed by atoms with Crippen LogP contribution < -0.4 is 4.90 Å². The molecule has 31 heavy (non-hydrogen) atoms. The van der Waals surface area contributed by atoms with E-state index in [1.165, 1.54) is 17.2 Å². The van der Waals surface area contributed by atoms with E-state index in [1.807, 2.05) is 30.3 Å². The van der Waals surface area contributed by atoms with Crippen LogP contribution in [-0.2, 0) is 5.41 Å². The topological polar surface area (TPSA) is 3.24 Å². The molecule has 3 heteroatoms. The first-order chi connectivity index (χ1) is 14.9. The number of fused-ring (bicyclic) bond motifs is 3. The molecule has 0 radical (unpaired) electrons. The lowest BCUT2D eigenvalue weighted by molar-refractivity contribution is 0.618. The van der Waals surface area contributed by atoms with E-state index in [4.69, 9.17) is 0 Å². The first-order valence-corrected chi connectivity index (χ1v) is 10.4. The predicted octanol–water partition coefficient (Wildman–Crippen LogP) is 7.71. The standard InChI is InChI=1S/C28H23F2N/c1-28(2)22-14-5-4-10-18(22)19-11-8-12-20(26(19)28)21-13-9-17-25(27(21)30)31(3)24-16-7-6-15-23(24)29/h4-17H,1-3H3. The molecule has 1 aliphatic carbocycles. The molecule has 0 saturated heterocycles. The highest BCUT2D eigenvalue weighted by molar-refractivity contribution is 5.89. The van der Waals surface area contributed by atoms with Gasteiger partial charge < -0.3 is 4.90 Å². The molecule has 1 nitrogen and oxygen atoms in total. The fourth-order valence-corrected chi connectivity index (χ4v) is 4.91. The molecule has 0 N–H and O–H groups in total. The Hall–Kier alpha value is -3.46. The highest BCUT2D eigenvalue weighted by Gasteiger charge is 2.37. The van der Waals surface area contributed by atoms with Gasteiger partial charge in [-0.05, 0) is 46.0 Å². The van der Waals surface area contributed by atoms with Gasteiger partial charge >= 0.3 is 0 Å². The number of anilines is 2. The molecule has 0 bridgehead atoms. The van der Waals surface area contributed by atoms with Crippen molar-refractivity contribution >= 4 is 11.4 Å². The number of benzene rings is 4. The van der Waals surface area contributed by atoms with Gasteiger partial charge in [-0.2, -0.15) is 0 Å². The van der Waals surface area contributed by atoms with Crippen LogP contribution in [0.15, 0.2) is 84.9 Å². The molecule has 0 heterocycles. The highest BCUT2D eigenvalue weighted by atomic mass is 19.1. The Balaban J connectivity index is 1.70. The Morgan fingerprint density at radius 3 is 1.94 bits per heavy atom. The lowest BCUT2D eigenvalue weighted by Crippen LogP contribution is -2.17. The van der Waals surface area contributed by atoms with E-state index >= 15 is 4.39 Å². The molecule has 0 fully saturated rings. The monoisotopic (exact) mass is 411 g/mol. The van der Waals surface area contributed by atoms with Crippen LogP contribution in [0.5, 0.6) is 0 Å². The van der Waals surface area contributed by atoms with Gasteiger partial charge in [-0.25, -0.2) is 8.78 Å². The van der Waals surface area contributed by atoms with Crippen LogP contribution in [0.4, 0.5) is 20.2 Å². The number of hydrogen-bond acceptors (Lipinski definition) is 1. The smallest absolute Gasteiger partial charge is 0.154 e. The van der Waals surface area contributed by atoms with Gasteiger partial charge in [0.25, 0.3) is 0 Å². The normalized spacial score (nSPS) is 13.6. The quantitative estimate of drug-likeness (QED) is 0.334. The molecular formula is C28H23F2N. The van der Waals surface area contributed by atoms with Crippen molar-refractivity contribution in [3.8, 4) is 22.3 Å². The number of para-hydroxylation sites is 1. The summed E-state index contributed by atoms with van der Waals surface area (Å²) in [6.45, 7) is 4.38. The van der Waals surface area contributed by atoms with Gasteiger partial charge in [0.05, 0.1) is 11.4 Å². The van der Waals surface area contributed by atoms with Crippen molar-refractivity contribution in [3.63, 3.8) is 0 Å².